The molecule has 0 amide bonds. The van der Waals surface area contributed by atoms with Crippen LogP contribution in [0.3, 0.4) is 0 Å². The first-order valence-electron chi connectivity index (χ1n) is 9.60. The lowest BCUT2D eigenvalue weighted by Crippen LogP contribution is -2.48. The van der Waals surface area contributed by atoms with Crippen LogP contribution in [0.1, 0.15) is 26.2 Å². The Morgan fingerprint density at radius 2 is 1.93 bits per heavy atom. The summed E-state index contributed by atoms with van der Waals surface area (Å²) >= 11 is 1.95. The molecule has 0 unspecified atom stereocenters. The predicted octanol–water partition coefficient (Wildman–Crippen LogP) is 3.60. The number of rotatable bonds is 9. The third-order valence-corrected chi connectivity index (χ3v) is 6.46. The molecule has 2 rings (SSSR count). The number of ether oxygens (including phenoxy) is 1. The molecule has 1 aromatic rings. The van der Waals surface area contributed by atoms with Crippen molar-refractivity contribution in [2.24, 2.45) is 4.99 Å². The lowest BCUT2D eigenvalue weighted by molar-refractivity contribution is 0.0783. The van der Waals surface area contributed by atoms with Gasteiger partial charge in [0.1, 0.15) is 0 Å². The third kappa shape index (κ3) is 8.07. The van der Waals surface area contributed by atoms with E-state index in [1.807, 2.05) is 18.8 Å². The van der Waals surface area contributed by atoms with Gasteiger partial charge in [0, 0.05) is 56.9 Å². The number of hydrogen-bond donors (Lipinski definition) is 2. The number of hydrogen-bond acceptors (Lipinski definition) is 4. The summed E-state index contributed by atoms with van der Waals surface area (Å²) in [5.74, 6) is 0.896. The van der Waals surface area contributed by atoms with Crippen LogP contribution in [0.4, 0.5) is 5.69 Å². The van der Waals surface area contributed by atoms with Gasteiger partial charge >= 0.3 is 0 Å². The number of thioether (sulfide) groups is 1. The zero-order valence-corrected chi connectivity index (χ0v) is 20.0. The zero-order chi connectivity index (χ0) is 18.7. The standard InChI is InChI=1S/C20H34N4OS.HI/c1-4-24(18-9-6-5-7-10-18)14-8-13-22-19(21-2)23-17-20(26-3)11-15-25-16-12-20;/h5-7,9-10H,4,8,11-17H2,1-3H3,(H2,21,22,23);1H. The van der Waals surface area contributed by atoms with Crippen LogP contribution < -0.4 is 15.5 Å². The third-order valence-electron chi connectivity index (χ3n) is 5.04. The molecule has 5 nitrogen and oxygen atoms in total. The Kier molecular flexibility index (Phi) is 12.2. The Balaban J connectivity index is 0.00000364. The van der Waals surface area contributed by atoms with E-state index in [1.165, 1.54) is 5.69 Å². The quantitative estimate of drug-likeness (QED) is 0.232. The Morgan fingerprint density at radius 1 is 1.22 bits per heavy atom. The van der Waals surface area contributed by atoms with Gasteiger partial charge in [-0.05, 0) is 44.6 Å². The van der Waals surface area contributed by atoms with E-state index < -0.39 is 0 Å². The van der Waals surface area contributed by atoms with Gasteiger partial charge in [0.15, 0.2) is 5.96 Å². The van der Waals surface area contributed by atoms with Crippen LogP contribution in [-0.2, 0) is 4.74 Å². The molecular formula is C20H35IN4OS. The average Bonchev–Trinajstić information content (AvgIpc) is 2.71. The molecule has 0 bridgehead atoms. The molecule has 1 aliphatic heterocycles. The van der Waals surface area contributed by atoms with Gasteiger partial charge in [-0.3, -0.25) is 4.99 Å². The number of aliphatic imine (C=N–C) groups is 1. The molecule has 0 spiro atoms. The van der Waals surface area contributed by atoms with Crippen molar-refractivity contribution in [2.75, 3.05) is 57.6 Å². The number of nitrogens with one attached hydrogen (secondary N) is 2. The summed E-state index contributed by atoms with van der Waals surface area (Å²) in [7, 11) is 1.84. The average molecular weight is 506 g/mol. The fourth-order valence-electron chi connectivity index (χ4n) is 3.25. The molecule has 0 aromatic heterocycles. The highest BCUT2D eigenvalue weighted by Gasteiger charge is 2.31. The largest absolute Gasteiger partial charge is 0.381 e. The van der Waals surface area contributed by atoms with Crippen molar-refractivity contribution in [1.82, 2.24) is 10.6 Å². The van der Waals surface area contributed by atoms with Crippen LogP contribution in [0, 0.1) is 0 Å². The summed E-state index contributed by atoms with van der Waals surface area (Å²) in [4.78, 5) is 6.78. The summed E-state index contributed by atoms with van der Waals surface area (Å²) in [5.41, 5.74) is 1.29. The van der Waals surface area contributed by atoms with E-state index in [2.05, 4.69) is 64.0 Å². The molecule has 1 saturated heterocycles. The number of benzene rings is 1. The molecule has 0 saturated carbocycles. The van der Waals surface area contributed by atoms with E-state index >= 15 is 0 Å². The molecule has 7 heteroatoms. The minimum atomic E-state index is 0. The van der Waals surface area contributed by atoms with E-state index in [0.717, 1.165) is 64.6 Å². The summed E-state index contributed by atoms with van der Waals surface area (Å²) in [6, 6.07) is 10.6. The molecule has 0 atom stereocenters. The molecule has 1 aliphatic rings. The predicted molar refractivity (Wildman–Crippen MR) is 130 cm³/mol. The van der Waals surface area contributed by atoms with Crippen LogP contribution in [0.25, 0.3) is 0 Å². The number of halogens is 1. The lowest BCUT2D eigenvalue weighted by Gasteiger charge is -2.36. The van der Waals surface area contributed by atoms with Crippen molar-refractivity contribution in [3.63, 3.8) is 0 Å². The van der Waals surface area contributed by atoms with Gasteiger partial charge in [0.2, 0.25) is 0 Å². The molecule has 0 aliphatic carbocycles. The molecule has 154 valence electrons. The summed E-state index contributed by atoms with van der Waals surface area (Å²) in [5, 5.41) is 6.97. The van der Waals surface area contributed by atoms with Crippen LogP contribution in [-0.4, -0.2) is 63.4 Å². The maximum atomic E-state index is 5.52. The van der Waals surface area contributed by atoms with E-state index in [9.17, 15) is 0 Å². The highest BCUT2D eigenvalue weighted by atomic mass is 127. The molecule has 1 aromatic carbocycles. The lowest BCUT2D eigenvalue weighted by atomic mass is 9.99. The van der Waals surface area contributed by atoms with Crippen molar-refractivity contribution in [2.45, 2.75) is 30.9 Å². The van der Waals surface area contributed by atoms with Gasteiger partial charge in [-0.25, -0.2) is 0 Å². The van der Waals surface area contributed by atoms with E-state index in [4.69, 9.17) is 4.74 Å². The second-order valence-electron chi connectivity index (χ2n) is 6.62. The Hall–Kier alpha value is -0.670. The van der Waals surface area contributed by atoms with Crippen LogP contribution in [0.15, 0.2) is 35.3 Å². The fraction of sp³-hybridized carbons (Fsp3) is 0.650. The highest BCUT2D eigenvalue weighted by molar-refractivity contribution is 14.0. The topological polar surface area (TPSA) is 48.9 Å². The summed E-state index contributed by atoms with van der Waals surface area (Å²) in [6.07, 6.45) is 5.47. The van der Waals surface area contributed by atoms with Crippen molar-refractivity contribution >= 4 is 47.4 Å². The monoisotopic (exact) mass is 506 g/mol. The van der Waals surface area contributed by atoms with E-state index in [0.29, 0.717) is 0 Å². The molecule has 0 radical (unpaired) electrons. The summed E-state index contributed by atoms with van der Waals surface area (Å²) in [6.45, 7) is 7.84. The molecule has 2 N–H and O–H groups in total. The second kappa shape index (κ2) is 13.5. The van der Waals surface area contributed by atoms with Gasteiger partial charge in [-0.2, -0.15) is 11.8 Å². The first kappa shape index (κ1) is 24.4. The highest BCUT2D eigenvalue weighted by Crippen LogP contribution is 2.32. The van der Waals surface area contributed by atoms with Crippen molar-refractivity contribution < 1.29 is 4.74 Å². The second-order valence-corrected chi connectivity index (χ2v) is 7.90. The summed E-state index contributed by atoms with van der Waals surface area (Å²) < 4.78 is 5.78. The maximum Gasteiger partial charge on any atom is 0.191 e. The smallest absolute Gasteiger partial charge is 0.191 e. The van der Waals surface area contributed by atoms with Crippen LogP contribution in [0.5, 0.6) is 0 Å². The number of nitrogens with zero attached hydrogens (tertiary/aromatic N) is 2. The Morgan fingerprint density at radius 3 is 2.52 bits per heavy atom. The van der Waals surface area contributed by atoms with Gasteiger partial charge in [-0.15, -0.1) is 24.0 Å². The first-order chi connectivity index (χ1) is 12.7. The molecule has 27 heavy (non-hydrogen) atoms. The number of guanidine groups is 1. The van der Waals surface area contributed by atoms with Gasteiger partial charge in [0.25, 0.3) is 0 Å². The Labute approximate surface area is 186 Å². The van der Waals surface area contributed by atoms with Crippen LogP contribution >= 0.6 is 35.7 Å². The minimum absolute atomic E-state index is 0. The molecule has 1 fully saturated rings. The van der Waals surface area contributed by atoms with Crippen molar-refractivity contribution in [1.29, 1.82) is 0 Å². The zero-order valence-electron chi connectivity index (χ0n) is 16.9. The molecule has 1 heterocycles. The normalized spacial score (nSPS) is 16.3. The van der Waals surface area contributed by atoms with Crippen molar-refractivity contribution in [3.05, 3.63) is 30.3 Å². The molecular weight excluding hydrogens is 471 g/mol. The first-order valence-corrected chi connectivity index (χ1v) is 10.8. The minimum Gasteiger partial charge on any atom is -0.381 e. The fourth-order valence-corrected chi connectivity index (χ4v) is 4.04. The van der Waals surface area contributed by atoms with Crippen molar-refractivity contribution in [3.8, 4) is 0 Å². The number of para-hydroxylation sites is 1. The van der Waals surface area contributed by atoms with E-state index in [1.54, 1.807) is 0 Å². The van der Waals surface area contributed by atoms with Crippen LogP contribution in [0.2, 0.25) is 0 Å². The van der Waals surface area contributed by atoms with E-state index in [-0.39, 0.29) is 28.7 Å². The van der Waals surface area contributed by atoms with Gasteiger partial charge < -0.3 is 20.3 Å². The number of anilines is 1. The van der Waals surface area contributed by atoms with Gasteiger partial charge in [-0.1, -0.05) is 18.2 Å². The van der Waals surface area contributed by atoms with Gasteiger partial charge in [0.05, 0.1) is 0 Å². The maximum absolute atomic E-state index is 5.52. The Bertz CT molecular complexity index is 538. The SMILES string of the molecule is CCN(CCCNC(=NC)NCC1(SC)CCOCC1)c1ccccc1.I.